The van der Waals surface area contributed by atoms with E-state index in [1.165, 1.54) is 11.3 Å². The molecule has 0 spiro atoms. The molecule has 5 nitrogen and oxygen atoms in total. The fourth-order valence-electron chi connectivity index (χ4n) is 2.51. The molecule has 0 bridgehead atoms. The highest BCUT2D eigenvalue weighted by molar-refractivity contribution is 7.11. The molecule has 2 N–H and O–H groups in total. The van der Waals surface area contributed by atoms with Gasteiger partial charge in [0.05, 0.1) is 30.5 Å². The van der Waals surface area contributed by atoms with Crippen LogP contribution >= 0.6 is 11.3 Å². The summed E-state index contributed by atoms with van der Waals surface area (Å²) in [5.41, 5.74) is 3.36. The van der Waals surface area contributed by atoms with Crippen LogP contribution in [0, 0.1) is 0 Å². The van der Waals surface area contributed by atoms with Crippen LogP contribution in [0.15, 0.2) is 29.8 Å². The smallest absolute Gasteiger partial charge is 0.263 e. The van der Waals surface area contributed by atoms with E-state index in [1.807, 2.05) is 0 Å². The van der Waals surface area contributed by atoms with Gasteiger partial charge >= 0.3 is 0 Å². The third-order valence-electron chi connectivity index (χ3n) is 4.05. The molecule has 2 atom stereocenters. The Hall–Kier alpha value is -1.92. The van der Waals surface area contributed by atoms with Gasteiger partial charge in [0, 0.05) is 5.92 Å². The van der Waals surface area contributed by atoms with E-state index in [9.17, 15) is 9.90 Å². The summed E-state index contributed by atoms with van der Waals surface area (Å²) in [5, 5.41) is 13.3. The number of aliphatic hydroxyl groups excluding tert-OH is 1. The lowest BCUT2D eigenvalue weighted by Gasteiger charge is -2.20. The maximum absolute atomic E-state index is 12.4. The Balaban J connectivity index is 1.66. The zero-order valence-electron chi connectivity index (χ0n) is 13.2. The summed E-state index contributed by atoms with van der Waals surface area (Å²) < 4.78 is 5.11. The Morgan fingerprint density at radius 2 is 2.09 bits per heavy atom. The predicted octanol–water partition coefficient (Wildman–Crippen LogP) is 2.88. The SMILES string of the molecule is COc1ccc(C(O)C(C)NC(=O)c2scnc2C2CC2)cc1. The van der Waals surface area contributed by atoms with E-state index in [4.69, 9.17) is 4.74 Å². The van der Waals surface area contributed by atoms with Gasteiger partial charge in [-0.1, -0.05) is 12.1 Å². The van der Waals surface area contributed by atoms with Gasteiger partial charge in [-0.3, -0.25) is 4.79 Å². The third kappa shape index (κ3) is 3.54. The maximum Gasteiger partial charge on any atom is 0.263 e. The lowest BCUT2D eigenvalue weighted by atomic mass is 10.0. The number of benzene rings is 1. The number of hydrogen-bond acceptors (Lipinski definition) is 5. The Morgan fingerprint density at radius 3 is 2.70 bits per heavy atom. The molecule has 0 radical (unpaired) electrons. The second kappa shape index (κ2) is 6.68. The van der Waals surface area contributed by atoms with Gasteiger partial charge in [-0.25, -0.2) is 4.98 Å². The highest BCUT2D eigenvalue weighted by atomic mass is 32.1. The molecular formula is C17H20N2O3S. The van der Waals surface area contributed by atoms with Crippen molar-refractivity contribution in [3.63, 3.8) is 0 Å². The van der Waals surface area contributed by atoms with E-state index >= 15 is 0 Å². The fraction of sp³-hybridized carbons (Fsp3) is 0.412. The predicted molar refractivity (Wildman–Crippen MR) is 89.0 cm³/mol. The number of aliphatic hydroxyl groups is 1. The molecule has 1 fully saturated rings. The van der Waals surface area contributed by atoms with Gasteiger partial charge in [0.15, 0.2) is 0 Å². The van der Waals surface area contributed by atoms with E-state index in [-0.39, 0.29) is 5.91 Å². The van der Waals surface area contributed by atoms with Crippen LogP contribution in [-0.2, 0) is 0 Å². The van der Waals surface area contributed by atoms with E-state index in [0.717, 1.165) is 29.8 Å². The van der Waals surface area contributed by atoms with Gasteiger partial charge in [0.2, 0.25) is 0 Å². The van der Waals surface area contributed by atoms with Crippen LogP contribution < -0.4 is 10.1 Å². The molecule has 0 aliphatic heterocycles. The Morgan fingerprint density at radius 1 is 1.39 bits per heavy atom. The number of rotatable bonds is 6. The van der Waals surface area contributed by atoms with Gasteiger partial charge < -0.3 is 15.2 Å². The van der Waals surface area contributed by atoms with Crippen molar-refractivity contribution in [3.8, 4) is 5.75 Å². The van der Waals surface area contributed by atoms with Crippen molar-refractivity contribution in [2.45, 2.75) is 37.8 Å². The number of carbonyl (C=O) groups excluding carboxylic acids is 1. The summed E-state index contributed by atoms with van der Waals surface area (Å²) in [6.45, 7) is 1.80. The number of methoxy groups -OCH3 is 1. The van der Waals surface area contributed by atoms with Crippen molar-refractivity contribution in [2.24, 2.45) is 0 Å². The molecule has 0 saturated heterocycles. The molecular weight excluding hydrogens is 312 g/mol. The Labute approximate surface area is 139 Å². The van der Waals surface area contributed by atoms with Crippen LogP contribution in [0.25, 0.3) is 0 Å². The van der Waals surface area contributed by atoms with Crippen LogP contribution in [0.1, 0.15) is 52.7 Å². The lowest BCUT2D eigenvalue weighted by Crippen LogP contribution is -2.37. The van der Waals surface area contributed by atoms with Crippen molar-refractivity contribution in [1.29, 1.82) is 0 Å². The average molecular weight is 332 g/mol. The van der Waals surface area contributed by atoms with Crippen molar-refractivity contribution in [2.75, 3.05) is 7.11 Å². The number of aromatic nitrogens is 1. The summed E-state index contributed by atoms with van der Waals surface area (Å²) in [5.74, 6) is 1.01. The molecule has 122 valence electrons. The van der Waals surface area contributed by atoms with Gasteiger partial charge in [-0.2, -0.15) is 0 Å². The third-order valence-corrected chi connectivity index (χ3v) is 4.90. The molecule has 1 aromatic heterocycles. The summed E-state index contributed by atoms with van der Waals surface area (Å²) in [7, 11) is 1.60. The zero-order chi connectivity index (χ0) is 16.4. The number of hydrogen-bond donors (Lipinski definition) is 2. The van der Waals surface area contributed by atoms with Crippen LogP contribution in [-0.4, -0.2) is 29.1 Å². The normalized spacial score (nSPS) is 16.7. The maximum atomic E-state index is 12.4. The summed E-state index contributed by atoms with van der Waals surface area (Å²) in [6, 6.07) is 6.79. The Bertz CT molecular complexity index is 679. The summed E-state index contributed by atoms with van der Waals surface area (Å²) in [4.78, 5) is 17.4. The van der Waals surface area contributed by atoms with Crippen molar-refractivity contribution >= 4 is 17.2 Å². The standard InChI is InChI=1S/C17H20N2O3S/c1-10(15(20)12-5-7-13(22-2)8-6-12)19-17(21)16-14(11-3-4-11)18-9-23-16/h5-11,15,20H,3-4H2,1-2H3,(H,19,21). The number of nitrogens with zero attached hydrogens (tertiary/aromatic N) is 1. The number of nitrogens with one attached hydrogen (secondary N) is 1. The summed E-state index contributed by atoms with van der Waals surface area (Å²) >= 11 is 1.36. The van der Waals surface area contributed by atoms with Gasteiger partial charge in [-0.15, -0.1) is 11.3 Å². The van der Waals surface area contributed by atoms with E-state index in [1.54, 1.807) is 43.8 Å². The molecule has 6 heteroatoms. The average Bonchev–Trinajstić information content (AvgIpc) is 3.30. The molecule has 1 aromatic carbocycles. The van der Waals surface area contributed by atoms with Gasteiger partial charge in [0.1, 0.15) is 10.6 Å². The monoisotopic (exact) mass is 332 g/mol. The topological polar surface area (TPSA) is 71.5 Å². The molecule has 1 aliphatic carbocycles. The molecule has 3 rings (SSSR count). The second-order valence-corrected chi connectivity index (χ2v) is 6.68. The number of thiazole rings is 1. The number of ether oxygens (including phenoxy) is 1. The van der Waals surface area contributed by atoms with Crippen molar-refractivity contribution < 1.29 is 14.6 Å². The first-order valence-corrected chi connectivity index (χ1v) is 8.54. The lowest BCUT2D eigenvalue weighted by molar-refractivity contribution is 0.0854. The minimum atomic E-state index is -0.776. The molecule has 1 heterocycles. The molecule has 23 heavy (non-hydrogen) atoms. The van der Waals surface area contributed by atoms with Crippen molar-refractivity contribution in [1.82, 2.24) is 10.3 Å². The highest BCUT2D eigenvalue weighted by Crippen LogP contribution is 2.41. The van der Waals surface area contributed by atoms with Crippen LogP contribution in [0.3, 0.4) is 0 Å². The van der Waals surface area contributed by atoms with E-state index < -0.39 is 12.1 Å². The number of amides is 1. The molecule has 2 aromatic rings. The summed E-state index contributed by atoms with van der Waals surface area (Å²) in [6.07, 6.45) is 1.43. The zero-order valence-corrected chi connectivity index (χ0v) is 14.0. The second-order valence-electron chi connectivity index (χ2n) is 5.82. The molecule has 1 amide bonds. The van der Waals surface area contributed by atoms with Crippen LogP contribution in [0.4, 0.5) is 0 Å². The van der Waals surface area contributed by atoms with Crippen LogP contribution in [0.2, 0.25) is 0 Å². The quantitative estimate of drug-likeness (QED) is 0.853. The molecule has 1 aliphatic rings. The van der Waals surface area contributed by atoms with Crippen LogP contribution in [0.5, 0.6) is 5.75 Å². The largest absolute Gasteiger partial charge is 0.497 e. The fourth-order valence-corrected chi connectivity index (χ4v) is 3.29. The highest BCUT2D eigenvalue weighted by Gasteiger charge is 2.31. The van der Waals surface area contributed by atoms with Gasteiger partial charge in [0.25, 0.3) is 5.91 Å². The molecule has 1 saturated carbocycles. The first-order chi connectivity index (χ1) is 11.1. The van der Waals surface area contributed by atoms with Gasteiger partial charge in [-0.05, 0) is 37.5 Å². The minimum Gasteiger partial charge on any atom is -0.497 e. The number of carbonyl (C=O) groups is 1. The minimum absolute atomic E-state index is 0.158. The molecule has 2 unspecified atom stereocenters. The van der Waals surface area contributed by atoms with E-state index in [0.29, 0.717) is 10.8 Å². The Kier molecular flexibility index (Phi) is 4.63. The first-order valence-electron chi connectivity index (χ1n) is 7.66. The van der Waals surface area contributed by atoms with Crippen molar-refractivity contribution in [3.05, 3.63) is 45.9 Å². The first kappa shape index (κ1) is 16.0. The van der Waals surface area contributed by atoms with E-state index in [2.05, 4.69) is 10.3 Å².